The van der Waals surface area contributed by atoms with Crippen LogP contribution in [0.1, 0.15) is 33.6 Å². The topological polar surface area (TPSA) is 41.6 Å². The molecule has 16 heavy (non-hydrogen) atoms. The average molecular weight is 221 g/mol. The second-order valence-corrected chi connectivity index (χ2v) is 5.24. The first kappa shape index (κ1) is 11.5. The predicted octanol–water partition coefficient (Wildman–Crippen LogP) is 2.00. The summed E-state index contributed by atoms with van der Waals surface area (Å²) in [5, 5.41) is 0. The molecule has 90 valence electrons. The molecule has 0 aromatic heterocycles. The number of allylic oxidation sites excluding steroid dienone is 2. The van der Waals surface area contributed by atoms with Crippen LogP contribution in [0.3, 0.4) is 0 Å². The first-order valence-electron chi connectivity index (χ1n) is 6.35. The van der Waals surface area contributed by atoms with Crippen LogP contribution in [0.5, 0.6) is 0 Å². The Hall–Kier alpha value is -0.990. The van der Waals surface area contributed by atoms with Crippen molar-refractivity contribution >= 4 is 5.96 Å². The largest absolute Gasteiger partial charge is 0.370 e. The van der Waals surface area contributed by atoms with Crippen LogP contribution in [-0.2, 0) is 0 Å². The predicted molar refractivity (Wildman–Crippen MR) is 68.3 cm³/mol. The van der Waals surface area contributed by atoms with Crippen LogP contribution in [0, 0.1) is 11.8 Å². The SMILES string of the molecule is CCN1C(N)=NCC1C1CC(C)=CC(C)C1. The van der Waals surface area contributed by atoms with E-state index in [-0.39, 0.29) is 0 Å². The van der Waals surface area contributed by atoms with Gasteiger partial charge >= 0.3 is 0 Å². The van der Waals surface area contributed by atoms with Crippen LogP contribution < -0.4 is 5.73 Å². The number of nitrogens with zero attached hydrogens (tertiary/aromatic N) is 2. The molecule has 0 radical (unpaired) electrons. The molecule has 1 aliphatic heterocycles. The molecule has 0 saturated heterocycles. The summed E-state index contributed by atoms with van der Waals surface area (Å²) in [6, 6.07) is 0.538. The molecular weight excluding hydrogens is 198 g/mol. The Labute approximate surface area is 98.4 Å². The van der Waals surface area contributed by atoms with Crippen molar-refractivity contribution in [2.45, 2.75) is 39.7 Å². The van der Waals surface area contributed by atoms with E-state index in [1.807, 2.05) is 0 Å². The average Bonchev–Trinajstić information content (AvgIpc) is 2.58. The molecule has 1 heterocycles. The molecule has 2 rings (SSSR count). The van der Waals surface area contributed by atoms with Crippen molar-refractivity contribution in [3.63, 3.8) is 0 Å². The maximum Gasteiger partial charge on any atom is 0.191 e. The Balaban J connectivity index is 2.07. The molecule has 3 unspecified atom stereocenters. The van der Waals surface area contributed by atoms with E-state index < -0.39 is 0 Å². The summed E-state index contributed by atoms with van der Waals surface area (Å²) in [4.78, 5) is 6.67. The monoisotopic (exact) mass is 221 g/mol. The smallest absolute Gasteiger partial charge is 0.191 e. The third-order valence-electron chi connectivity index (χ3n) is 3.85. The first-order valence-corrected chi connectivity index (χ1v) is 6.35. The Morgan fingerprint density at radius 1 is 1.56 bits per heavy atom. The van der Waals surface area contributed by atoms with Gasteiger partial charge in [0.15, 0.2) is 5.96 Å². The molecular formula is C13H23N3. The van der Waals surface area contributed by atoms with E-state index in [4.69, 9.17) is 5.73 Å². The summed E-state index contributed by atoms with van der Waals surface area (Å²) in [6.07, 6.45) is 4.90. The molecule has 2 aliphatic rings. The summed E-state index contributed by atoms with van der Waals surface area (Å²) in [5.74, 6) is 2.18. The van der Waals surface area contributed by atoms with E-state index in [0.717, 1.165) is 25.0 Å². The zero-order chi connectivity index (χ0) is 11.7. The zero-order valence-corrected chi connectivity index (χ0v) is 10.6. The van der Waals surface area contributed by atoms with Crippen molar-refractivity contribution in [1.82, 2.24) is 4.90 Å². The van der Waals surface area contributed by atoms with Gasteiger partial charge in [0.2, 0.25) is 0 Å². The van der Waals surface area contributed by atoms with Gasteiger partial charge in [0.1, 0.15) is 0 Å². The van der Waals surface area contributed by atoms with Gasteiger partial charge < -0.3 is 10.6 Å². The molecule has 0 spiro atoms. The second kappa shape index (κ2) is 4.48. The normalized spacial score (nSPS) is 34.9. The Morgan fingerprint density at radius 2 is 2.31 bits per heavy atom. The number of likely N-dealkylation sites (N-methyl/N-ethyl adjacent to an activating group) is 1. The van der Waals surface area contributed by atoms with E-state index in [2.05, 4.69) is 36.7 Å². The van der Waals surface area contributed by atoms with Crippen molar-refractivity contribution in [2.24, 2.45) is 22.6 Å². The Kier molecular flexibility index (Phi) is 3.22. The van der Waals surface area contributed by atoms with Crippen LogP contribution in [0.25, 0.3) is 0 Å². The van der Waals surface area contributed by atoms with E-state index in [0.29, 0.717) is 12.0 Å². The quantitative estimate of drug-likeness (QED) is 0.725. The number of aliphatic imine (C=N–C) groups is 1. The van der Waals surface area contributed by atoms with Crippen LogP contribution in [-0.4, -0.2) is 30.0 Å². The van der Waals surface area contributed by atoms with Gasteiger partial charge in [-0.25, -0.2) is 0 Å². The van der Waals surface area contributed by atoms with Crippen molar-refractivity contribution < 1.29 is 0 Å². The minimum atomic E-state index is 0.538. The van der Waals surface area contributed by atoms with Gasteiger partial charge in [-0.3, -0.25) is 4.99 Å². The van der Waals surface area contributed by atoms with Crippen LogP contribution in [0.4, 0.5) is 0 Å². The molecule has 0 aromatic carbocycles. The molecule has 3 atom stereocenters. The maximum atomic E-state index is 5.92. The highest BCUT2D eigenvalue weighted by atomic mass is 15.3. The highest BCUT2D eigenvalue weighted by Gasteiger charge is 2.33. The third kappa shape index (κ3) is 2.08. The Bertz CT molecular complexity index is 319. The van der Waals surface area contributed by atoms with E-state index in [9.17, 15) is 0 Å². The lowest BCUT2D eigenvalue weighted by molar-refractivity contribution is 0.224. The fourth-order valence-electron chi connectivity index (χ4n) is 3.24. The lowest BCUT2D eigenvalue weighted by atomic mass is 9.79. The number of guanidine groups is 1. The van der Waals surface area contributed by atoms with Gasteiger partial charge in [0, 0.05) is 6.54 Å². The number of hydrogen-bond acceptors (Lipinski definition) is 3. The molecule has 0 bridgehead atoms. The van der Waals surface area contributed by atoms with E-state index >= 15 is 0 Å². The van der Waals surface area contributed by atoms with Crippen LogP contribution in [0.2, 0.25) is 0 Å². The summed E-state index contributed by atoms with van der Waals surface area (Å²) in [5.41, 5.74) is 7.45. The molecule has 0 fully saturated rings. The summed E-state index contributed by atoms with van der Waals surface area (Å²) in [7, 11) is 0. The van der Waals surface area contributed by atoms with Crippen molar-refractivity contribution in [3.8, 4) is 0 Å². The lowest BCUT2D eigenvalue weighted by Crippen LogP contribution is -2.45. The van der Waals surface area contributed by atoms with Gasteiger partial charge in [0.05, 0.1) is 12.6 Å². The van der Waals surface area contributed by atoms with Crippen molar-refractivity contribution in [2.75, 3.05) is 13.1 Å². The number of hydrogen-bond donors (Lipinski definition) is 1. The van der Waals surface area contributed by atoms with Crippen molar-refractivity contribution in [3.05, 3.63) is 11.6 Å². The molecule has 0 amide bonds. The number of nitrogens with two attached hydrogens (primary N) is 1. The molecule has 2 N–H and O–H groups in total. The minimum Gasteiger partial charge on any atom is -0.370 e. The van der Waals surface area contributed by atoms with E-state index in [1.165, 1.54) is 18.4 Å². The maximum absolute atomic E-state index is 5.92. The summed E-state index contributed by atoms with van der Waals surface area (Å²) < 4.78 is 0. The molecule has 0 saturated carbocycles. The van der Waals surface area contributed by atoms with Gasteiger partial charge in [-0.05, 0) is 38.5 Å². The molecule has 0 aromatic rings. The van der Waals surface area contributed by atoms with Crippen LogP contribution >= 0.6 is 0 Å². The first-order chi connectivity index (χ1) is 7.61. The molecule has 3 heteroatoms. The van der Waals surface area contributed by atoms with Crippen LogP contribution in [0.15, 0.2) is 16.6 Å². The highest BCUT2D eigenvalue weighted by molar-refractivity contribution is 5.80. The second-order valence-electron chi connectivity index (χ2n) is 5.24. The lowest BCUT2D eigenvalue weighted by Gasteiger charge is -2.35. The molecule has 1 aliphatic carbocycles. The Morgan fingerprint density at radius 3 is 2.94 bits per heavy atom. The zero-order valence-electron chi connectivity index (χ0n) is 10.6. The molecule has 3 nitrogen and oxygen atoms in total. The van der Waals surface area contributed by atoms with Gasteiger partial charge in [-0.1, -0.05) is 18.6 Å². The fraction of sp³-hybridized carbons (Fsp3) is 0.769. The summed E-state index contributed by atoms with van der Waals surface area (Å²) >= 11 is 0. The number of rotatable bonds is 2. The van der Waals surface area contributed by atoms with Crippen molar-refractivity contribution in [1.29, 1.82) is 0 Å². The van der Waals surface area contributed by atoms with E-state index in [1.54, 1.807) is 0 Å². The van der Waals surface area contributed by atoms with Gasteiger partial charge in [-0.15, -0.1) is 0 Å². The third-order valence-corrected chi connectivity index (χ3v) is 3.85. The summed E-state index contributed by atoms with van der Waals surface area (Å²) in [6.45, 7) is 8.59. The standard InChI is InChI=1S/C13H23N3/c1-4-16-12(8-15-13(16)14)11-6-9(2)5-10(3)7-11/h5,9,11-12H,4,6-8H2,1-3H3,(H2,14,15). The van der Waals surface area contributed by atoms with Gasteiger partial charge in [0.25, 0.3) is 0 Å². The van der Waals surface area contributed by atoms with Gasteiger partial charge in [-0.2, -0.15) is 0 Å². The fourth-order valence-corrected chi connectivity index (χ4v) is 3.24. The minimum absolute atomic E-state index is 0.538. The highest BCUT2D eigenvalue weighted by Crippen LogP contribution is 2.33.